The van der Waals surface area contributed by atoms with Crippen LogP contribution in [0.3, 0.4) is 0 Å². The van der Waals surface area contributed by atoms with Crippen LogP contribution in [-0.4, -0.2) is 39.8 Å². The third-order valence-corrected chi connectivity index (χ3v) is 4.89. The SMILES string of the molecule is O=C(N[C@H](CO)Cc1ccccc1)[C@H](Cc1ccc(O)cc1)NCc1ccncc1. The summed E-state index contributed by atoms with van der Waals surface area (Å²) in [4.78, 5) is 17.1. The number of nitrogens with zero attached hydrogens (tertiary/aromatic N) is 1. The molecule has 30 heavy (non-hydrogen) atoms. The Morgan fingerprint density at radius 2 is 1.53 bits per heavy atom. The number of phenolic OH excluding ortho intramolecular Hbond substituents is 1. The van der Waals surface area contributed by atoms with Gasteiger partial charge in [-0.15, -0.1) is 0 Å². The molecule has 1 aromatic heterocycles. The number of hydrogen-bond donors (Lipinski definition) is 4. The van der Waals surface area contributed by atoms with Gasteiger partial charge in [-0.25, -0.2) is 0 Å². The zero-order valence-corrected chi connectivity index (χ0v) is 16.7. The van der Waals surface area contributed by atoms with Gasteiger partial charge in [0.05, 0.1) is 18.7 Å². The van der Waals surface area contributed by atoms with Crippen LogP contribution in [0.4, 0.5) is 0 Å². The second kappa shape index (κ2) is 11.1. The molecule has 0 saturated heterocycles. The van der Waals surface area contributed by atoms with Crippen molar-refractivity contribution in [3.63, 3.8) is 0 Å². The number of aliphatic hydroxyl groups excluding tert-OH is 1. The van der Waals surface area contributed by atoms with Crippen LogP contribution in [0.25, 0.3) is 0 Å². The standard InChI is InChI=1S/C24H27N3O3/c28-17-21(14-18-4-2-1-3-5-18)27-24(30)23(15-19-6-8-22(29)9-7-19)26-16-20-10-12-25-13-11-20/h1-13,21,23,26,28-29H,14-17H2,(H,27,30)/t21-,23-/m0/s1. The smallest absolute Gasteiger partial charge is 0.237 e. The van der Waals surface area contributed by atoms with Crippen LogP contribution >= 0.6 is 0 Å². The monoisotopic (exact) mass is 405 g/mol. The Hall–Kier alpha value is -3.22. The Morgan fingerprint density at radius 1 is 0.867 bits per heavy atom. The predicted octanol–water partition coefficient (Wildman–Crippen LogP) is 2.21. The lowest BCUT2D eigenvalue weighted by Gasteiger charge is -2.23. The van der Waals surface area contributed by atoms with Gasteiger partial charge >= 0.3 is 0 Å². The van der Waals surface area contributed by atoms with E-state index >= 15 is 0 Å². The number of nitrogens with one attached hydrogen (secondary N) is 2. The summed E-state index contributed by atoms with van der Waals surface area (Å²) in [6.45, 7) is 0.373. The number of aromatic hydroxyl groups is 1. The van der Waals surface area contributed by atoms with Crippen molar-refractivity contribution in [3.05, 3.63) is 95.8 Å². The molecular weight excluding hydrogens is 378 g/mol. The highest BCUT2D eigenvalue weighted by atomic mass is 16.3. The van der Waals surface area contributed by atoms with E-state index in [-0.39, 0.29) is 24.3 Å². The molecule has 2 aromatic carbocycles. The minimum absolute atomic E-state index is 0.142. The molecule has 3 aromatic rings. The zero-order chi connectivity index (χ0) is 21.2. The Kier molecular flexibility index (Phi) is 7.94. The molecule has 0 aliphatic carbocycles. The Bertz CT molecular complexity index is 902. The molecule has 0 unspecified atom stereocenters. The molecule has 1 heterocycles. The van der Waals surface area contributed by atoms with E-state index in [9.17, 15) is 15.0 Å². The van der Waals surface area contributed by atoms with Gasteiger partial charge in [-0.3, -0.25) is 9.78 Å². The van der Waals surface area contributed by atoms with Gasteiger partial charge < -0.3 is 20.8 Å². The summed E-state index contributed by atoms with van der Waals surface area (Å²) in [5.74, 6) is 0.0137. The lowest BCUT2D eigenvalue weighted by Crippen LogP contribution is -2.50. The van der Waals surface area contributed by atoms with Crippen molar-refractivity contribution in [1.82, 2.24) is 15.6 Å². The van der Waals surface area contributed by atoms with Crippen molar-refractivity contribution >= 4 is 5.91 Å². The normalized spacial score (nSPS) is 12.8. The molecule has 6 heteroatoms. The van der Waals surface area contributed by atoms with E-state index in [1.165, 1.54) is 0 Å². The molecule has 0 spiro atoms. The lowest BCUT2D eigenvalue weighted by atomic mass is 10.0. The molecule has 0 radical (unpaired) electrons. The average molecular weight is 405 g/mol. The summed E-state index contributed by atoms with van der Waals surface area (Å²) in [5, 5.41) is 25.6. The van der Waals surface area contributed by atoms with Crippen LogP contribution in [0, 0.1) is 0 Å². The Balaban J connectivity index is 1.68. The lowest BCUT2D eigenvalue weighted by molar-refractivity contribution is -0.124. The van der Waals surface area contributed by atoms with Gasteiger partial charge in [0.15, 0.2) is 0 Å². The number of phenols is 1. The number of benzene rings is 2. The van der Waals surface area contributed by atoms with Gasteiger partial charge in [-0.1, -0.05) is 42.5 Å². The summed E-state index contributed by atoms with van der Waals surface area (Å²) < 4.78 is 0. The number of amides is 1. The van der Waals surface area contributed by atoms with Crippen molar-refractivity contribution in [2.75, 3.05) is 6.61 Å². The number of aromatic nitrogens is 1. The van der Waals surface area contributed by atoms with Gasteiger partial charge in [-0.05, 0) is 53.8 Å². The van der Waals surface area contributed by atoms with Crippen LogP contribution in [0.1, 0.15) is 16.7 Å². The van der Waals surface area contributed by atoms with Gasteiger partial charge in [0.25, 0.3) is 0 Å². The van der Waals surface area contributed by atoms with Crippen molar-refractivity contribution in [3.8, 4) is 5.75 Å². The second-order valence-electron chi connectivity index (χ2n) is 7.24. The van der Waals surface area contributed by atoms with E-state index in [4.69, 9.17) is 0 Å². The Morgan fingerprint density at radius 3 is 2.20 bits per heavy atom. The molecule has 6 nitrogen and oxygen atoms in total. The first-order valence-electron chi connectivity index (χ1n) is 9.99. The molecule has 0 bridgehead atoms. The third-order valence-electron chi connectivity index (χ3n) is 4.89. The highest BCUT2D eigenvalue weighted by Gasteiger charge is 2.22. The topological polar surface area (TPSA) is 94.5 Å². The molecule has 4 N–H and O–H groups in total. The fourth-order valence-corrected chi connectivity index (χ4v) is 3.23. The van der Waals surface area contributed by atoms with Crippen molar-refractivity contribution in [1.29, 1.82) is 0 Å². The van der Waals surface area contributed by atoms with E-state index in [0.29, 0.717) is 19.4 Å². The third kappa shape index (κ3) is 6.69. The summed E-state index contributed by atoms with van der Waals surface area (Å²) in [5.41, 5.74) is 3.01. The average Bonchev–Trinajstić information content (AvgIpc) is 2.78. The first-order chi connectivity index (χ1) is 14.6. The van der Waals surface area contributed by atoms with Crippen molar-refractivity contribution < 1.29 is 15.0 Å². The molecule has 2 atom stereocenters. The van der Waals surface area contributed by atoms with E-state index in [2.05, 4.69) is 15.6 Å². The summed E-state index contributed by atoms with van der Waals surface area (Å²) in [6.07, 6.45) is 4.45. The van der Waals surface area contributed by atoms with Crippen LogP contribution in [0.5, 0.6) is 5.75 Å². The minimum atomic E-state index is -0.493. The fraction of sp³-hybridized carbons (Fsp3) is 0.250. The van der Waals surface area contributed by atoms with Crippen molar-refractivity contribution in [2.45, 2.75) is 31.5 Å². The molecule has 0 aliphatic heterocycles. The number of pyridine rings is 1. The number of aliphatic hydroxyl groups is 1. The second-order valence-corrected chi connectivity index (χ2v) is 7.24. The first kappa shape index (κ1) is 21.5. The molecule has 3 rings (SSSR count). The molecule has 0 saturated carbocycles. The van der Waals surface area contributed by atoms with E-state index < -0.39 is 6.04 Å². The maximum absolute atomic E-state index is 13.0. The van der Waals surface area contributed by atoms with Crippen LogP contribution in [-0.2, 0) is 24.2 Å². The number of carbonyl (C=O) groups is 1. The fourth-order valence-electron chi connectivity index (χ4n) is 3.23. The molecule has 1 amide bonds. The maximum Gasteiger partial charge on any atom is 0.237 e. The minimum Gasteiger partial charge on any atom is -0.508 e. The molecule has 156 valence electrons. The van der Waals surface area contributed by atoms with Gasteiger partial charge in [-0.2, -0.15) is 0 Å². The Labute approximate surface area is 176 Å². The highest BCUT2D eigenvalue weighted by molar-refractivity contribution is 5.82. The van der Waals surface area contributed by atoms with Crippen LogP contribution in [0.15, 0.2) is 79.1 Å². The van der Waals surface area contributed by atoms with Gasteiger partial charge in [0.2, 0.25) is 5.91 Å². The summed E-state index contributed by atoms with van der Waals surface area (Å²) >= 11 is 0. The highest BCUT2D eigenvalue weighted by Crippen LogP contribution is 2.12. The van der Waals surface area contributed by atoms with Crippen molar-refractivity contribution in [2.24, 2.45) is 0 Å². The number of hydrogen-bond acceptors (Lipinski definition) is 5. The van der Waals surface area contributed by atoms with E-state index in [0.717, 1.165) is 16.7 Å². The van der Waals surface area contributed by atoms with E-state index in [1.54, 1.807) is 36.7 Å². The first-order valence-corrected chi connectivity index (χ1v) is 9.99. The molecular formula is C24H27N3O3. The van der Waals surface area contributed by atoms with Gasteiger partial charge in [0.1, 0.15) is 5.75 Å². The summed E-state index contributed by atoms with van der Waals surface area (Å²) in [6, 6.07) is 19.5. The maximum atomic E-state index is 13.0. The zero-order valence-electron chi connectivity index (χ0n) is 16.7. The van der Waals surface area contributed by atoms with Crippen LogP contribution in [0.2, 0.25) is 0 Å². The molecule has 0 aliphatic rings. The van der Waals surface area contributed by atoms with Crippen LogP contribution < -0.4 is 10.6 Å². The number of rotatable bonds is 10. The van der Waals surface area contributed by atoms with E-state index in [1.807, 2.05) is 42.5 Å². The summed E-state index contributed by atoms with van der Waals surface area (Å²) in [7, 11) is 0. The quantitative estimate of drug-likeness (QED) is 0.415. The number of carbonyl (C=O) groups excluding carboxylic acids is 1. The predicted molar refractivity (Wildman–Crippen MR) is 116 cm³/mol. The largest absolute Gasteiger partial charge is 0.508 e. The van der Waals surface area contributed by atoms with Gasteiger partial charge in [0, 0.05) is 18.9 Å². The molecule has 0 fully saturated rings.